The number of carbonyl (C=O) groups is 1. The smallest absolute Gasteiger partial charge is 0.363 e. The second kappa shape index (κ2) is 7.04. The van der Waals surface area contributed by atoms with Crippen molar-refractivity contribution in [1.29, 1.82) is 0 Å². The van der Waals surface area contributed by atoms with E-state index in [1.807, 2.05) is 36.4 Å². The van der Waals surface area contributed by atoms with Crippen molar-refractivity contribution in [3.63, 3.8) is 0 Å². The largest absolute Gasteiger partial charge is 0.493 e. The lowest BCUT2D eigenvalue weighted by molar-refractivity contribution is -0.129. The van der Waals surface area contributed by atoms with Crippen molar-refractivity contribution < 1.29 is 19.0 Å². The number of rotatable bonds is 4. The van der Waals surface area contributed by atoms with Crippen molar-refractivity contribution in [1.82, 2.24) is 0 Å². The second-order valence-electron chi connectivity index (χ2n) is 4.90. The van der Waals surface area contributed by atoms with E-state index in [-0.39, 0.29) is 5.70 Å². The van der Waals surface area contributed by atoms with Gasteiger partial charge in [0.2, 0.25) is 5.90 Å². The summed E-state index contributed by atoms with van der Waals surface area (Å²) in [6.45, 7) is 0. The van der Waals surface area contributed by atoms with Crippen LogP contribution in [0.25, 0.3) is 6.08 Å². The van der Waals surface area contributed by atoms with Gasteiger partial charge in [-0.15, -0.1) is 0 Å². The Morgan fingerprint density at radius 2 is 1.88 bits per heavy atom. The molecule has 122 valence electrons. The van der Waals surface area contributed by atoms with Gasteiger partial charge < -0.3 is 14.2 Å². The van der Waals surface area contributed by atoms with Gasteiger partial charge in [-0.1, -0.05) is 24.3 Å². The molecule has 3 rings (SSSR count). The van der Waals surface area contributed by atoms with E-state index >= 15 is 0 Å². The molecule has 0 N–H and O–H groups in total. The van der Waals surface area contributed by atoms with E-state index < -0.39 is 5.97 Å². The van der Waals surface area contributed by atoms with Crippen molar-refractivity contribution in [3.05, 3.63) is 62.9 Å². The van der Waals surface area contributed by atoms with E-state index in [2.05, 4.69) is 27.6 Å². The van der Waals surface area contributed by atoms with Crippen molar-refractivity contribution in [2.45, 2.75) is 0 Å². The van der Waals surface area contributed by atoms with Crippen LogP contribution in [0.3, 0.4) is 0 Å². The number of carbonyl (C=O) groups excluding carboxylic acids is 1. The SMILES string of the molecule is COc1cccc(/C=C2\N=C(c3ccccc3I)OC2=O)c1OC. The number of esters is 1. The number of ether oxygens (including phenoxy) is 3. The van der Waals surface area contributed by atoms with E-state index in [9.17, 15) is 4.79 Å². The van der Waals surface area contributed by atoms with Crippen LogP contribution in [-0.2, 0) is 9.53 Å². The highest BCUT2D eigenvalue weighted by molar-refractivity contribution is 14.1. The Morgan fingerprint density at radius 1 is 1.08 bits per heavy atom. The van der Waals surface area contributed by atoms with Gasteiger partial charge in [-0.25, -0.2) is 9.79 Å². The molecule has 0 aliphatic carbocycles. The van der Waals surface area contributed by atoms with Crippen molar-refractivity contribution >= 4 is 40.5 Å². The molecule has 2 aromatic rings. The third-order valence-electron chi connectivity index (χ3n) is 3.45. The molecule has 6 heteroatoms. The van der Waals surface area contributed by atoms with Crippen LogP contribution in [0.4, 0.5) is 0 Å². The maximum Gasteiger partial charge on any atom is 0.363 e. The van der Waals surface area contributed by atoms with Crippen LogP contribution >= 0.6 is 22.6 Å². The number of cyclic esters (lactones) is 1. The number of aliphatic imine (C=N–C) groups is 1. The van der Waals surface area contributed by atoms with Crippen LogP contribution in [0.5, 0.6) is 11.5 Å². The summed E-state index contributed by atoms with van der Waals surface area (Å²) >= 11 is 2.18. The summed E-state index contributed by atoms with van der Waals surface area (Å²) in [6, 6.07) is 13.0. The Hall–Kier alpha value is -2.35. The molecule has 2 aromatic carbocycles. The Morgan fingerprint density at radius 3 is 2.58 bits per heavy atom. The molecule has 1 heterocycles. The lowest BCUT2D eigenvalue weighted by Crippen LogP contribution is -2.06. The molecule has 1 aliphatic rings. The zero-order chi connectivity index (χ0) is 17.1. The van der Waals surface area contributed by atoms with E-state index in [1.54, 1.807) is 26.4 Å². The average Bonchev–Trinajstić information content (AvgIpc) is 2.95. The highest BCUT2D eigenvalue weighted by atomic mass is 127. The summed E-state index contributed by atoms with van der Waals surface area (Å²) in [7, 11) is 3.11. The lowest BCUT2D eigenvalue weighted by Gasteiger charge is -2.09. The van der Waals surface area contributed by atoms with E-state index in [4.69, 9.17) is 14.2 Å². The van der Waals surface area contributed by atoms with Crippen LogP contribution in [0.2, 0.25) is 0 Å². The minimum Gasteiger partial charge on any atom is -0.493 e. The summed E-state index contributed by atoms with van der Waals surface area (Å²) in [5.74, 6) is 0.936. The predicted octanol–water partition coefficient (Wildman–Crippen LogP) is 3.65. The van der Waals surface area contributed by atoms with Crippen molar-refractivity contribution in [2.24, 2.45) is 4.99 Å². The monoisotopic (exact) mass is 435 g/mol. The molecule has 0 fully saturated rings. The molecule has 0 unspecified atom stereocenters. The summed E-state index contributed by atoms with van der Waals surface area (Å²) in [5, 5.41) is 0. The summed E-state index contributed by atoms with van der Waals surface area (Å²) in [5.41, 5.74) is 1.69. The molecule has 5 nitrogen and oxygen atoms in total. The van der Waals surface area contributed by atoms with Crippen LogP contribution < -0.4 is 9.47 Å². The fourth-order valence-electron chi connectivity index (χ4n) is 2.33. The first-order chi connectivity index (χ1) is 11.6. The minimum atomic E-state index is -0.491. The lowest BCUT2D eigenvalue weighted by atomic mass is 10.1. The van der Waals surface area contributed by atoms with Gasteiger partial charge in [-0.2, -0.15) is 0 Å². The number of hydrogen-bond donors (Lipinski definition) is 0. The Kier molecular flexibility index (Phi) is 4.84. The highest BCUT2D eigenvalue weighted by Gasteiger charge is 2.25. The molecular formula is C18H14INO4. The van der Waals surface area contributed by atoms with Crippen molar-refractivity contribution in [2.75, 3.05) is 14.2 Å². The van der Waals surface area contributed by atoms with Gasteiger partial charge in [-0.05, 0) is 46.9 Å². The Labute approximate surface area is 153 Å². The first-order valence-electron chi connectivity index (χ1n) is 7.12. The van der Waals surface area contributed by atoms with Gasteiger partial charge >= 0.3 is 5.97 Å². The van der Waals surface area contributed by atoms with E-state index in [0.29, 0.717) is 23.0 Å². The summed E-state index contributed by atoms with van der Waals surface area (Å²) in [6.07, 6.45) is 1.63. The number of hydrogen-bond acceptors (Lipinski definition) is 5. The minimum absolute atomic E-state index is 0.219. The second-order valence-corrected chi connectivity index (χ2v) is 6.06. The van der Waals surface area contributed by atoms with Crippen LogP contribution in [0.1, 0.15) is 11.1 Å². The Bertz CT molecular complexity index is 858. The first-order valence-corrected chi connectivity index (χ1v) is 8.20. The topological polar surface area (TPSA) is 57.1 Å². The van der Waals surface area contributed by atoms with Gasteiger partial charge in [0.25, 0.3) is 0 Å². The average molecular weight is 435 g/mol. The number of methoxy groups -OCH3 is 2. The fourth-order valence-corrected chi connectivity index (χ4v) is 2.95. The summed E-state index contributed by atoms with van der Waals surface area (Å²) in [4.78, 5) is 16.5. The number of halogens is 1. The standard InChI is InChI=1S/C18H14INO4/c1-22-15-9-5-6-11(16(15)23-2)10-14-18(21)24-17(20-14)12-7-3-4-8-13(12)19/h3-10H,1-2H3/b14-10-. The van der Waals surface area contributed by atoms with E-state index in [0.717, 1.165) is 9.13 Å². The van der Waals surface area contributed by atoms with Gasteiger partial charge in [0, 0.05) is 9.13 Å². The van der Waals surface area contributed by atoms with Gasteiger partial charge in [0.1, 0.15) is 0 Å². The third-order valence-corrected chi connectivity index (χ3v) is 4.39. The maximum atomic E-state index is 12.1. The molecule has 24 heavy (non-hydrogen) atoms. The van der Waals surface area contributed by atoms with Gasteiger partial charge in [0.15, 0.2) is 17.2 Å². The molecule has 1 aliphatic heterocycles. The molecule has 0 radical (unpaired) electrons. The molecule has 0 spiro atoms. The molecule has 0 aromatic heterocycles. The Balaban J connectivity index is 2.03. The van der Waals surface area contributed by atoms with Gasteiger partial charge in [0.05, 0.1) is 19.8 Å². The van der Waals surface area contributed by atoms with Gasteiger partial charge in [-0.3, -0.25) is 0 Å². The predicted molar refractivity (Wildman–Crippen MR) is 99.3 cm³/mol. The van der Waals surface area contributed by atoms with Crippen molar-refractivity contribution in [3.8, 4) is 11.5 Å². The molecule has 0 saturated carbocycles. The zero-order valence-corrected chi connectivity index (χ0v) is 15.2. The summed E-state index contributed by atoms with van der Waals surface area (Å²) < 4.78 is 16.9. The normalized spacial score (nSPS) is 15.2. The maximum absolute atomic E-state index is 12.1. The zero-order valence-electron chi connectivity index (χ0n) is 13.1. The number of benzene rings is 2. The molecule has 0 bridgehead atoms. The van der Waals surface area contributed by atoms with Crippen LogP contribution in [0, 0.1) is 3.57 Å². The number of nitrogens with zero attached hydrogens (tertiary/aromatic N) is 1. The molecular weight excluding hydrogens is 421 g/mol. The molecule has 0 atom stereocenters. The fraction of sp³-hybridized carbons (Fsp3) is 0.111. The molecule has 0 saturated heterocycles. The van der Waals surface area contributed by atoms with Crippen LogP contribution in [0.15, 0.2) is 53.2 Å². The third kappa shape index (κ3) is 3.14. The quantitative estimate of drug-likeness (QED) is 0.418. The van der Waals surface area contributed by atoms with Crippen LogP contribution in [-0.4, -0.2) is 26.1 Å². The highest BCUT2D eigenvalue weighted by Crippen LogP contribution is 2.33. The first kappa shape index (κ1) is 16.5. The number of para-hydroxylation sites is 1. The molecule has 0 amide bonds. The van der Waals surface area contributed by atoms with E-state index in [1.165, 1.54) is 0 Å².